The average Bonchev–Trinajstić information content (AvgIpc) is 3.03. The van der Waals surface area contributed by atoms with Gasteiger partial charge in [0.2, 0.25) is 0 Å². The van der Waals surface area contributed by atoms with Crippen LogP contribution in [0.25, 0.3) is 22.3 Å². The van der Waals surface area contributed by atoms with Gasteiger partial charge in [0.05, 0.1) is 0 Å². The standard InChI is InChI=1S/C25H17/c1-2-8-18(9-3-1)19-14-16-20(17-15-19)25-23-12-6-4-10-21(23)22-11-5-7-13-24(22)25/h2-17,25H. The summed E-state index contributed by atoms with van der Waals surface area (Å²) in [4.78, 5) is 0. The molecule has 0 heterocycles. The number of benzene rings is 4. The van der Waals surface area contributed by atoms with E-state index >= 15 is 0 Å². The maximum atomic E-state index is 3.08. The average molecular weight is 317 g/mol. The Hall–Kier alpha value is -3.12. The molecule has 1 aliphatic carbocycles. The van der Waals surface area contributed by atoms with Gasteiger partial charge in [-0.05, 0) is 45.0 Å². The molecule has 0 spiro atoms. The van der Waals surface area contributed by atoms with Crippen LogP contribution in [0.4, 0.5) is 0 Å². The Balaban J connectivity index is 1.62. The van der Waals surface area contributed by atoms with Crippen molar-refractivity contribution in [2.75, 3.05) is 0 Å². The highest BCUT2D eigenvalue weighted by Gasteiger charge is 2.28. The van der Waals surface area contributed by atoms with Crippen molar-refractivity contribution in [1.82, 2.24) is 0 Å². The summed E-state index contributed by atoms with van der Waals surface area (Å²) in [7, 11) is 0. The van der Waals surface area contributed by atoms with Gasteiger partial charge in [-0.1, -0.05) is 97.1 Å². The summed E-state index contributed by atoms with van der Waals surface area (Å²) in [6.07, 6.45) is 0. The fraction of sp³-hybridized carbons (Fsp3) is 0.0400. The van der Waals surface area contributed by atoms with Crippen molar-refractivity contribution >= 4 is 0 Å². The van der Waals surface area contributed by atoms with Crippen molar-refractivity contribution < 1.29 is 0 Å². The smallest absolute Gasteiger partial charge is 0.0352 e. The first-order valence-electron chi connectivity index (χ1n) is 8.66. The third kappa shape index (κ3) is 2.30. The van der Waals surface area contributed by atoms with Crippen molar-refractivity contribution in [3.05, 3.63) is 120 Å². The molecule has 0 aliphatic heterocycles. The minimum absolute atomic E-state index is 0.325. The fourth-order valence-corrected chi connectivity index (χ4v) is 3.96. The molecular weight excluding hydrogens is 300 g/mol. The number of hydrogen-bond acceptors (Lipinski definition) is 0. The van der Waals surface area contributed by atoms with Crippen molar-refractivity contribution in [3.8, 4) is 22.3 Å². The van der Waals surface area contributed by atoms with E-state index in [1.54, 1.807) is 0 Å². The highest BCUT2D eigenvalue weighted by Crippen LogP contribution is 2.47. The second-order valence-electron chi connectivity index (χ2n) is 6.52. The molecule has 0 fully saturated rings. The Morgan fingerprint density at radius 2 is 1.04 bits per heavy atom. The predicted octanol–water partition coefficient (Wildman–Crippen LogP) is 6.31. The SMILES string of the molecule is [c]1ccc(-c2ccc(C3c4ccccc4-c4ccccc43)cc2)cc1. The second kappa shape index (κ2) is 5.75. The Bertz CT molecular complexity index is 981. The Kier molecular flexibility index (Phi) is 3.28. The first-order valence-corrected chi connectivity index (χ1v) is 8.66. The van der Waals surface area contributed by atoms with Crippen LogP contribution in [0.3, 0.4) is 0 Å². The number of hydrogen-bond donors (Lipinski definition) is 0. The molecule has 25 heavy (non-hydrogen) atoms. The number of fused-ring (bicyclic) bond motifs is 3. The van der Waals surface area contributed by atoms with Crippen molar-refractivity contribution in [2.24, 2.45) is 0 Å². The molecule has 0 amide bonds. The van der Waals surface area contributed by atoms with E-state index in [-0.39, 0.29) is 0 Å². The summed E-state index contributed by atoms with van der Waals surface area (Å²) in [6, 6.07) is 37.8. The molecule has 4 aromatic rings. The zero-order chi connectivity index (χ0) is 16.6. The highest BCUT2D eigenvalue weighted by molar-refractivity contribution is 5.80. The van der Waals surface area contributed by atoms with Gasteiger partial charge in [-0.3, -0.25) is 0 Å². The van der Waals surface area contributed by atoms with Gasteiger partial charge in [0.1, 0.15) is 0 Å². The van der Waals surface area contributed by atoms with Crippen molar-refractivity contribution in [1.29, 1.82) is 0 Å². The Morgan fingerprint density at radius 1 is 0.520 bits per heavy atom. The van der Waals surface area contributed by atoms with Crippen LogP contribution in [0, 0.1) is 6.07 Å². The Morgan fingerprint density at radius 3 is 1.64 bits per heavy atom. The third-order valence-corrected chi connectivity index (χ3v) is 5.13. The van der Waals surface area contributed by atoms with E-state index in [2.05, 4.69) is 91.0 Å². The zero-order valence-electron chi connectivity index (χ0n) is 13.8. The normalized spacial score (nSPS) is 12.6. The second-order valence-corrected chi connectivity index (χ2v) is 6.52. The molecule has 5 rings (SSSR count). The molecule has 0 heteroatoms. The molecule has 4 aromatic carbocycles. The van der Waals surface area contributed by atoms with Gasteiger partial charge in [0.25, 0.3) is 0 Å². The molecule has 0 bridgehead atoms. The van der Waals surface area contributed by atoms with Crippen LogP contribution >= 0.6 is 0 Å². The third-order valence-electron chi connectivity index (χ3n) is 5.13. The predicted molar refractivity (Wildman–Crippen MR) is 104 cm³/mol. The van der Waals surface area contributed by atoms with Crippen LogP contribution < -0.4 is 0 Å². The molecule has 1 aliphatic rings. The molecule has 117 valence electrons. The van der Waals surface area contributed by atoms with Crippen LogP contribution in [0.5, 0.6) is 0 Å². The number of rotatable bonds is 2. The lowest BCUT2D eigenvalue weighted by molar-refractivity contribution is 1.02. The minimum Gasteiger partial charge on any atom is -0.0619 e. The van der Waals surface area contributed by atoms with Crippen LogP contribution in [0.2, 0.25) is 0 Å². The van der Waals surface area contributed by atoms with Crippen LogP contribution in [-0.2, 0) is 0 Å². The zero-order valence-corrected chi connectivity index (χ0v) is 13.8. The summed E-state index contributed by atoms with van der Waals surface area (Å²) in [5.74, 6) is 0.325. The van der Waals surface area contributed by atoms with E-state index < -0.39 is 0 Å². The van der Waals surface area contributed by atoms with E-state index in [9.17, 15) is 0 Å². The van der Waals surface area contributed by atoms with Gasteiger partial charge < -0.3 is 0 Å². The van der Waals surface area contributed by atoms with Gasteiger partial charge in [0, 0.05) is 5.92 Å². The summed E-state index contributed by atoms with van der Waals surface area (Å²) in [5.41, 5.74) is 9.38. The van der Waals surface area contributed by atoms with E-state index in [0.717, 1.165) is 0 Å². The minimum atomic E-state index is 0.325. The molecular formula is C25H17. The summed E-state index contributed by atoms with van der Waals surface area (Å²) in [5, 5.41) is 0. The van der Waals surface area contributed by atoms with Crippen LogP contribution in [0.1, 0.15) is 22.6 Å². The molecule has 1 radical (unpaired) electrons. The monoisotopic (exact) mass is 317 g/mol. The summed E-state index contributed by atoms with van der Waals surface area (Å²) in [6.45, 7) is 0. The molecule has 0 unspecified atom stereocenters. The molecule has 0 saturated carbocycles. The largest absolute Gasteiger partial charge is 0.0619 e. The first-order chi connectivity index (χ1) is 12.4. The van der Waals surface area contributed by atoms with Gasteiger partial charge >= 0.3 is 0 Å². The maximum absolute atomic E-state index is 3.08. The lowest BCUT2D eigenvalue weighted by Crippen LogP contribution is -1.98. The van der Waals surface area contributed by atoms with E-state index in [4.69, 9.17) is 0 Å². The van der Waals surface area contributed by atoms with Gasteiger partial charge in [-0.25, -0.2) is 0 Å². The van der Waals surface area contributed by atoms with E-state index in [0.29, 0.717) is 5.92 Å². The topological polar surface area (TPSA) is 0 Å². The van der Waals surface area contributed by atoms with Crippen LogP contribution in [0.15, 0.2) is 97.1 Å². The van der Waals surface area contributed by atoms with E-state index in [1.807, 2.05) is 12.1 Å². The van der Waals surface area contributed by atoms with E-state index in [1.165, 1.54) is 38.9 Å². The summed E-state index contributed by atoms with van der Waals surface area (Å²) >= 11 is 0. The van der Waals surface area contributed by atoms with Crippen molar-refractivity contribution in [2.45, 2.75) is 5.92 Å². The molecule has 0 N–H and O–H groups in total. The molecule has 0 saturated heterocycles. The molecule has 0 nitrogen and oxygen atoms in total. The van der Waals surface area contributed by atoms with Crippen molar-refractivity contribution in [3.63, 3.8) is 0 Å². The Labute approximate surface area is 148 Å². The first kappa shape index (κ1) is 14.2. The molecule has 0 atom stereocenters. The van der Waals surface area contributed by atoms with Gasteiger partial charge in [0.15, 0.2) is 0 Å². The van der Waals surface area contributed by atoms with Crippen LogP contribution in [-0.4, -0.2) is 0 Å². The summed E-state index contributed by atoms with van der Waals surface area (Å²) < 4.78 is 0. The lowest BCUT2D eigenvalue weighted by atomic mass is 9.88. The molecule has 0 aromatic heterocycles. The highest BCUT2D eigenvalue weighted by atomic mass is 14.3. The maximum Gasteiger partial charge on any atom is 0.0352 e. The fourth-order valence-electron chi connectivity index (χ4n) is 3.96. The lowest BCUT2D eigenvalue weighted by Gasteiger charge is -2.15. The quantitative estimate of drug-likeness (QED) is 0.357. The van der Waals surface area contributed by atoms with Gasteiger partial charge in [-0.15, -0.1) is 0 Å². The van der Waals surface area contributed by atoms with Gasteiger partial charge in [-0.2, -0.15) is 0 Å².